The van der Waals surface area contributed by atoms with Gasteiger partial charge in [-0.3, -0.25) is 0 Å². The van der Waals surface area contributed by atoms with Crippen molar-refractivity contribution in [3.05, 3.63) is 17.9 Å². The molecule has 0 spiro atoms. The molecule has 6 heteroatoms. The maximum absolute atomic E-state index is 11.4. The Morgan fingerprint density at radius 2 is 1.94 bits per heavy atom. The van der Waals surface area contributed by atoms with Gasteiger partial charge in [-0.25, -0.2) is 13.1 Å². The monoisotopic (exact) mass is 260 g/mol. The van der Waals surface area contributed by atoms with Crippen molar-refractivity contribution in [3.63, 3.8) is 0 Å². The molecular weight excluding hydrogens is 240 g/mol. The van der Waals surface area contributed by atoms with E-state index in [1.807, 2.05) is 0 Å². The number of nitrogens with one attached hydrogen (secondary N) is 2. The summed E-state index contributed by atoms with van der Waals surface area (Å²) in [6, 6.07) is 3.48. The summed E-state index contributed by atoms with van der Waals surface area (Å²) in [6.07, 6.45) is 0. The Labute approximate surface area is 103 Å². The zero-order valence-corrected chi connectivity index (χ0v) is 11.5. The largest absolute Gasteiger partial charge is 0.447 e. The topological polar surface area (TPSA) is 71.3 Å². The molecular formula is C11H20N2O3S. The van der Waals surface area contributed by atoms with Gasteiger partial charge in [-0.1, -0.05) is 13.8 Å². The van der Waals surface area contributed by atoms with Crippen LogP contribution >= 0.6 is 0 Å². The van der Waals surface area contributed by atoms with E-state index in [1.165, 1.54) is 13.1 Å². The minimum Gasteiger partial charge on any atom is -0.447 e. The van der Waals surface area contributed by atoms with E-state index in [2.05, 4.69) is 30.8 Å². The van der Waals surface area contributed by atoms with Gasteiger partial charge in [0.1, 0.15) is 5.76 Å². The van der Waals surface area contributed by atoms with Crippen LogP contribution in [0, 0.1) is 5.92 Å². The normalized spacial score (nSPS) is 14.2. The molecule has 0 aliphatic rings. The molecule has 2 N–H and O–H groups in total. The SMILES string of the molecule is CNS(=O)(=O)c1ccc(CNC(C)C(C)C)o1. The van der Waals surface area contributed by atoms with E-state index >= 15 is 0 Å². The first-order valence-corrected chi connectivity index (χ1v) is 7.10. The van der Waals surface area contributed by atoms with E-state index in [0.717, 1.165) is 0 Å². The molecule has 0 saturated carbocycles. The van der Waals surface area contributed by atoms with Crippen molar-refractivity contribution in [2.75, 3.05) is 7.05 Å². The summed E-state index contributed by atoms with van der Waals surface area (Å²) < 4.78 is 30.3. The highest BCUT2D eigenvalue weighted by Crippen LogP contribution is 2.13. The second-order valence-corrected chi connectivity index (χ2v) is 6.16. The van der Waals surface area contributed by atoms with Crippen molar-refractivity contribution in [1.82, 2.24) is 10.0 Å². The van der Waals surface area contributed by atoms with Crippen LogP contribution in [-0.2, 0) is 16.6 Å². The Morgan fingerprint density at radius 1 is 1.29 bits per heavy atom. The Bertz CT molecular complexity index is 451. The number of hydrogen-bond donors (Lipinski definition) is 2. The first-order valence-electron chi connectivity index (χ1n) is 5.62. The van der Waals surface area contributed by atoms with Crippen LogP contribution < -0.4 is 10.0 Å². The highest BCUT2D eigenvalue weighted by Gasteiger charge is 2.16. The average molecular weight is 260 g/mol. The number of sulfonamides is 1. The summed E-state index contributed by atoms with van der Waals surface area (Å²) in [6.45, 7) is 6.85. The molecule has 98 valence electrons. The molecule has 5 nitrogen and oxygen atoms in total. The lowest BCUT2D eigenvalue weighted by atomic mass is 10.1. The third-order valence-corrected chi connectivity index (χ3v) is 4.06. The van der Waals surface area contributed by atoms with E-state index < -0.39 is 10.0 Å². The molecule has 0 radical (unpaired) electrons. The van der Waals surface area contributed by atoms with E-state index in [0.29, 0.717) is 24.3 Å². The van der Waals surface area contributed by atoms with Gasteiger partial charge in [-0.15, -0.1) is 0 Å². The summed E-state index contributed by atoms with van der Waals surface area (Å²) in [5, 5.41) is 3.22. The number of furan rings is 1. The van der Waals surface area contributed by atoms with Crippen molar-refractivity contribution >= 4 is 10.0 Å². The molecule has 1 unspecified atom stereocenters. The fourth-order valence-electron chi connectivity index (χ4n) is 1.20. The van der Waals surface area contributed by atoms with Gasteiger partial charge in [0.15, 0.2) is 0 Å². The molecule has 0 amide bonds. The third-order valence-electron chi connectivity index (χ3n) is 2.77. The molecule has 0 bridgehead atoms. The second kappa shape index (κ2) is 5.66. The number of rotatable bonds is 6. The van der Waals surface area contributed by atoms with Crippen molar-refractivity contribution < 1.29 is 12.8 Å². The predicted molar refractivity (Wildman–Crippen MR) is 66.1 cm³/mol. The fraction of sp³-hybridized carbons (Fsp3) is 0.636. The smallest absolute Gasteiger partial charge is 0.273 e. The lowest BCUT2D eigenvalue weighted by Gasteiger charge is -2.16. The van der Waals surface area contributed by atoms with Gasteiger partial charge in [0.05, 0.1) is 6.54 Å². The lowest BCUT2D eigenvalue weighted by Crippen LogP contribution is -2.30. The molecule has 0 fully saturated rings. The standard InChI is InChI=1S/C11H20N2O3S/c1-8(2)9(3)13-7-10-5-6-11(16-10)17(14,15)12-4/h5-6,8-9,12-13H,7H2,1-4H3. The third kappa shape index (κ3) is 3.83. The second-order valence-electron chi connectivity index (χ2n) is 4.34. The first-order chi connectivity index (χ1) is 7.86. The molecule has 0 saturated heterocycles. The van der Waals surface area contributed by atoms with Crippen molar-refractivity contribution in [2.24, 2.45) is 5.92 Å². The van der Waals surface area contributed by atoms with Gasteiger partial charge in [-0.2, -0.15) is 0 Å². The molecule has 1 aromatic rings. The minimum absolute atomic E-state index is 0.0472. The molecule has 1 atom stereocenters. The van der Waals surface area contributed by atoms with Crippen molar-refractivity contribution in [3.8, 4) is 0 Å². The maximum atomic E-state index is 11.4. The predicted octanol–water partition coefficient (Wildman–Crippen LogP) is 1.32. The Morgan fingerprint density at radius 3 is 2.47 bits per heavy atom. The van der Waals surface area contributed by atoms with Crippen LogP contribution in [0.2, 0.25) is 0 Å². The summed E-state index contributed by atoms with van der Waals surface area (Å²) in [5.41, 5.74) is 0. The Kier molecular flexibility index (Phi) is 4.73. The van der Waals surface area contributed by atoms with E-state index in [9.17, 15) is 8.42 Å². The Hall–Kier alpha value is -0.850. The van der Waals surface area contributed by atoms with Gasteiger partial charge in [-0.05, 0) is 32.0 Å². The van der Waals surface area contributed by atoms with E-state index in [4.69, 9.17) is 4.42 Å². The summed E-state index contributed by atoms with van der Waals surface area (Å²) in [7, 11) is -2.12. The Balaban J connectivity index is 2.64. The molecule has 1 aromatic heterocycles. The molecule has 1 rings (SSSR count). The summed E-state index contributed by atoms with van der Waals surface area (Å²) in [5.74, 6) is 1.14. The van der Waals surface area contributed by atoms with Gasteiger partial charge >= 0.3 is 0 Å². The van der Waals surface area contributed by atoms with E-state index in [1.54, 1.807) is 6.07 Å². The quantitative estimate of drug-likeness (QED) is 0.809. The molecule has 1 heterocycles. The molecule has 0 aliphatic heterocycles. The van der Waals surface area contributed by atoms with Gasteiger partial charge < -0.3 is 9.73 Å². The molecule has 0 aromatic carbocycles. The minimum atomic E-state index is -3.48. The fourth-order valence-corrected chi connectivity index (χ4v) is 1.86. The summed E-state index contributed by atoms with van der Waals surface area (Å²) in [4.78, 5) is 0. The summed E-state index contributed by atoms with van der Waals surface area (Å²) >= 11 is 0. The first kappa shape index (κ1) is 14.2. The van der Waals surface area contributed by atoms with Crippen LogP contribution in [0.15, 0.2) is 21.6 Å². The van der Waals surface area contributed by atoms with Crippen LogP contribution in [0.1, 0.15) is 26.5 Å². The van der Waals surface area contributed by atoms with Crippen molar-refractivity contribution in [2.45, 2.75) is 38.5 Å². The van der Waals surface area contributed by atoms with Gasteiger partial charge in [0, 0.05) is 6.04 Å². The molecule has 0 aliphatic carbocycles. The van der Waals surface area contributed by atoms with Crippen LogP contribution in [-0.4, -0.2) is 21.5 Å². The lowest BCUT2D eigenvalue weighted by molar-refractivity contribution is 0.367. The van der Waals surface area contributed by atoms with Crippen molar-refractivity contribution in [1.29, 1.82) is 0 Å². The number of hydrogen-bond acceptors (Lipinski definition) is 4. The van der Waals surface area contributed by atoms with Crippen LogP contribution in [0.5, 0.6) is 0 Å². The zero-order chi connectivity index (χ0) is 13.1. The average Bonchev–Trinajstić information content (AvgIpc) is 2.75. The molecule has 17 heavy (non-hydrogen) atoms. The van der Waals surface area contributed by atoms with Crippen LogP contribution in [0.25, 0.3) is 0 Å². The maximum Gasteiger partial charge on any atom is 0.273 e. The van der Waals surface area contributed by atoms with Crippen LogP contribution in [0.4, 0.5) is 0 Å². The van der Waals surface area contributed by atoms with Gasteiger partial charge in [0.2, 0.25) is 5.09 Å². The zero-order valence-electron chi connectivity index (χ0n) is 10.6. The highest BCUT2D eigenvalue weighted by atomic mass is 32.2. The highest BCUT2D eigenvalue weighted by molar-refractivity contribution is 7.89. The van der Waals surface area contributed by atoms with E-state index in [-0.39, 0.29) is 5.09 Å². The van der Waals surface area contributed by atoms with Gasteiger partial charge in [0.25, 0.3) is 10.0 Å². The van der Waals surface area contributed by atoms with Crippen LogP contribution in [0.3, 0.4) is 0 Å².